The Balaban J connectivity index is 2.10. The third-order valence-corrected chi connectivity index (χ3v) is 4.71. The number of rotatable bonds is 4. The molecule has 0 bridgehead atoms. The van der Waals surface area contributed by atoms with E-state index in [1.165, 1.54) is 9.80 Å². The number of hydrogen-bond donors (Lipinski definition) is 0. The van der Waals surface area contributed by atoms with Gasteiger partial charge < -0.3 is 0 Å². The van der Waals surface area contributed by atoms with E-state index in [1.54, 1.807) is 14.0 Å². The van der Waals surface area contributed by atoms with Crippen LogP contribution in [0.1, 0.15) is 45.0 Å². The van der Waals surface area contributed by atoms with Crippen LogP contribution >= 0.6 is 0 Å². The number of amides is 3. The fraction of sp³-hybridized carbons (Fsp3) is 0.529. The van der Waals surface area contributed by atoms with Crippen LogP contribution in [-0.4, -0.2) is 45.7 Å². The maximum Gasteiger partial charge on any atom is 0.402 e. The molecule has 2 aliphatic rings. The molecule has 1 aromatic heterocycles. The molecule has 3 amide bonds. The highest BCUT2D eigenvalue weighted by molar-refractivity contribution is 6.19. The normalized spacial score (nSPS) is 20.9. The number of hydrogen-bond acceptors (Lipinski definition) is 3. The fourth-order valence-electron chi connectivity index (χ4n) is 3.34. The molecule has 7 heteroatoms. The molecule has 3 heterocycles. The molecule has 0 radical (unpaired) electrons. The van der Waals surface area contributed by atoms with Crippen molar-refractivity contribution in [1.29, 1.82) is 0 Å². The standard InChI is InChI=1S/C17H24N5O2/c1-7-11(4)22-12(5)9-20-13-14(18-16(20)22)19(6)17(24)21(15(13)23)8-10(2)3/h9,11,13H,2,7-8H2,1,3-6H3/q+1. The van der Waals surface area contributed by atoms with Gasteiger partial charge in [0.2, 0.25) is 11.9 Å². The van der Waals surface area contributed by atoms with Gasteiger partial charge >= 0.3 is 12.0 Å². The van der Waals surface area contributed by atoms with Gasteiger partial charge in [-0.25, -0.2) is 13.9 Å². The predicted octanol–water partition coefficient (Wildman–Crippen LogP) is 2.11. The predicted molar refractivity (Wildman–Crippen MR) is 90.2 cm³/mol. The van der Waals surface area contributed by atoms with Crippen LogP contribution in [0.5, 0.6) is 0 Å². The number of amidine groups is 1. The molecule has 1 saturated heterocycles. The minimum atomic E-state index is -0.578. The molecule has 0 aliphatic carbocycles. The van der Waals surface area contributed by atoms with Crippen molar-refractivity contribution in [2.75, 3.05) is 13.6 Å². The van der Waals surface area contributed by atoms with Gasteiger partial charge in [-0.2, -0.15) is 0 Å². The molecule has 24 heavy (non-hydrogen) atoms. The molecule has 0 saturated carbocycles. The van der Waals surface area contributed by atoms with Crippen molar-refractivity contribution in [3.63, 3.8) is 0 Å². The monoisotopic (exact) mass is 330 g/mol. The number of imidazole rings is 1. The number of aromatic nitrogens is 2. The average molecular weight is 330 g/mol. The van der Waals surface area contributed by atoms with Crippen molar-refractivity contribution in [2.24, 2.45) is 4.99 Å². The lowest BCUT2D eigenvalue weighted by atomic mass is 10.1. The number of fused-ring (bicyclic) bond motifs is 3. The number of carbonyl (C=O) groups is 2. The summed E-state index contributed by atoms with van der Waals surface area (Å²) < 4.78 is 4.01. The highest BCUT2D eigenvalue weighted by Gasteiger charge is 2.53. The molecule has 2 unspecified atom stereocenters. The van der Waals surface area contributed by atoms with E-state index in [0.29, 0.717) is 5.84 Å². The van der Waals surface area contributed by atoms with Crippen LogP contribution in [-0.2, 0) is 4.79 Å². The van der Waals surface area contributed by atoms with Crippen molar-refractivity contribution >= 4 is 23.7 Å². The number of likely N-dealkylation sites (N-methyl/N-ethyl adjacent to an activating group) is 1. The topological polar surface area (TPSA) is 61.8 Å². The maximum atomic E-state index is 12.9. The van der Waals surface area contributed by atoms with Gasteiger partial charge in [0.05, 0.1) is 12.6 Å². The highest BCUT2D eigenvalue weighted by Crippen LogP contribution is 2.31. The third kappa shape index (κ3) is 2.18. The van der Waals surface area contributed by atoms with Crippen LogP contribution in [0.2, 0.25) is 0 Å². The zero-order valence-electron chi connectivity index (χ0n) is 14.9. The van der Waals surface area contributed by atoms with E-state index >= 15 is 0 Å². The van der Waals surface area contributed by atoms with Crippen LogP contribution in [0.25, 0.3) is 0 Å². The number of nitrogens with zero attached hydrogens (tertiary/aromatic N) is 5. The van der Waals surface area contributed by atoms with Gasteiger partial charge in [-0.1, -0.05) is 24.1 Å². The zero-order valence-corrected chi connectivity index (χ0v) is 14.9. The number of carbonyl (C=O) groups excluding carboxylic acids is 2. The first-order valence-corrected chi connectivity index (χ1v) is 8.22. The van der Waals surface area contributed by atoms with Crippen LogP contribution in [0, 0.1) is 6.92 Å². The Morgan fingerprint density at radius 2 is 2.12 bits per heavy atom. The molecule has 0 N–H and O–H groups in total. The lowest BCUT2D eigenvalue weighted by molar-refractivity contribution is -0.677. The quantitative estimate of drug-likeness (QED) is 0.627. The first-order valence-electron chi connectivity index (χ1n) is 8.22. The van der Waals surface area contributed by atoms with Gasteiger partial charge in [0.1, 0.15) is 11.9 Å². The summed E-state index contributed by atoms with van der Waals surface area (Å²) in [5, 5.41) is 0. The van der Waals surface area contributed by atoms with E-state index in [2.05, 4.69) is 30.0 Å². The summed E-state index contributed by atoms with van der Waals surface area (Å²) in [4.78, 5) is 32.8. The zero-order chi connectivity index (χ0) is 17.8. The van der Waals surface area contributed by atoms with Gasteiger partial charge in [-0.15, -0.1) is 0 Å². The molecule has 0 aromatic carbocycles. The maximum absolute atomic E-state index is 12.9. The number of aryl methyl sites for hydroxylation is 1. The molecular formula is C17H24N5O2+. The molecule has 7 nitrogen and oxygen atoms in total. The lowest BCUT2D eigenvalue weighted by Gasteiger charge is -2.33. The number of aliphatic imine (C=N–C) groups is 1. The summed E-state index contributed by atoms with van der Waals surface area (Å²) in [5.74, 6) is 0.979. The van der Waals surface area contributed by atoms with Crippen molar-refractivity contribution in [1.82, 2.24) is 14.4 Å². The second-order valence-corrected chi connectivity index (χ2v) is 6.70. The first-order chi connectivity index (χ1) is 11.3. The van der Waals surface area contributed by atoms with E-state index in [1.807, 2.05) is 17.7 Å². The Labute approximate surface area is 141 Å². The minimum absolute atomic E-state index is 0.229. The molecular weight excluding hydrogens is 306 g/mol. The Morgan fingerprint density at radius 1 is 1.46 bits per heavy atom. The third-order valence-electron chi connectivity index (χ3n) is 4.71. The Kier molecular flexibility index (Phi) is 3.81. The summed E-state index contributed by atoms with van der Waals surface area (Å²) in [6.07, 6.45) is 2.91. The highest BCUT2D eigenvalue weighted by atomic mass is 16.2. The number of imide groups is 1. The van der Waals surface area contributed by atoms with Crippen molar-refractivity contribution < 1.29 is 14.2 Å². The molecule has 1 fully saturated rings. The van der Waals surface area contributed by atoms with Crippen LogP contribution in [0.4, 0.5) is 10.7 Å². The van der Waals surface area contributed by atoms with Crippen LogP contribution < -0.4 is 4.57 Å². The van der Waals surface area contributed by atoms with Gasteiger partial charge in [-0.3, -0.25) is 14.6 Å². The second kappa shape index (κ2) is 5.58. The van der Waals surface area contributed by atoms with E-state index in [9.17, 15) is 9.59 Å². The van der Waals surface area contributed by atoms with Gasteiger partial charge in [0.15, 0.2) is 0 Å². The van der Waals surface area contributed by atoms with E-state index in [4.69, 9.17) is 0 Å². The lowest BCUT2D eigenvalue weighted by Crippen LogP contribution is -2.62. The Bertz CT molecular complexity index is 776. The Morgan fingerprint density at radius 3 is 2.71 bits per heavy atom. The molecule has 0 spiro atoms. The molecule has 3 rings (SSSR count). The number of urea groups is 1. The average Bonchev–Trinajstić information content (AvgIpc) is 3.03. The summed E-state index contributed by atoms with van der Waals surface area (Å²) in [7, 11) is 1.67. The smallest absolute Gasteiger partial charge is 0.270 e. The SMILES string of the molecule is C=C(C)CN1C(=O)C2C(=Nc3n(C(C)CC)c(C)c[n+]32)N(C)C1=O. The molecule has 1 aromatic rings. The van der Waals surface area contributed by atoms with Crippen LogP contribution in [0.3, 0.4) is 0 Å². The summed E-state index contributed by atoms with van der Waals surface area (Å²) in [6, 6.07) is -0.657. The largest absolute Gasteiger partial charge is 0.402 e. The van der Waals surface area contributed by atoms with E-state index in [-0.39, 0.29) is 24.5 Å². The Hall–Kier alpha value is -2.44. The van der Waals surface area contributed by atoms with Crippen molar-refractivity contribution in [2.45, 2.75) is 46.2 Å². The first kappa shape index (κ1) is 16.4. The van der Waals surface area contributed by atoms with Crippen molar-refractivity contribution in [3.05, 3.63) is 24.0 Å². The fourth-order valence-corrected chi connectivity index (χ4v) is 3.34. The van der Waals surface area contributed by atoms with E-state index < -0.39 is 6.04 Å². The minimum Gasteiger partial charge on any atom is -0.270 e. The van der Waals surface area contributed by atoms with Gasteiger partial charge in [0.25, 0.3) is 5.91 Å². The van der Waals surface area contributed by atoms with Crippen molar-refractivity contribution in [3.8, 4) is 0 Å². The second-order valence-electron chi connectivity index (χ2n) is 6.70. The molecule has 2 atom stereocenters. The van der Waals surface area contributed by atoms with E-state index in [0.717, 1.165) is 23.6 Å². The summed E-state index contributed by atoms with van der Waals surface area (Å²) in [6.45, 7) is 12.1. The van der Waals surface area contributed by atoms with Gasteiger partial charge in [-0.05, 0) is 27.2 Å². The molecule has 2 aliphatic heterocycles. The summed E-state index contributed by atoms with van der Waals surface area (Å²) >= 11 is 0. The van der Waals surface area contributed by atoms with Gasteiger partial charge in [0, 0.05) is 7.05 Å². The molecule has 128 valence electrons. The van der Waals surface area contributed by atoms with Crippen LogP contribution in [0.15, 0.2) is 23.3 Å². The summed E-state index contributed by atoms with van der Waals surface area (Å²) in [5.41, 5.74) is 1.82.